The van der Waals surface area contributed by atoms with Crippen LogP contribution in [0, 0.1) is 6.92 Å². The summed E-state index contributed by atoms with van der Waals surface area (Å²) in [4.78, 5) is 0. The van der Waals surface area contributed by atoms with Gasteiger partial charge in [-0.15, -0.1) is 5.69 Å². The molecule has 0 unspecified atom stereocenters. The van der Waals surface area contributed by atoms with E-state index in [1.807, 2.05) is 30.8 Å². The number of benzene rings is 1. The van der Waals surface area contributed by atoms with Crippen LogP contribution in [0.1, 0.15) is 5.69 Å². The molecule has 62 valence electrons. The molecule has 13 heavy (non-hydrogen) atoms. The summed E-state index contributed by atoms with van der Waals surface area (Å²) in [7, 11) is 1.92. The van der Waals surface area contributed by atoms with Crippen molar-refractivity contribution in [2.24, 2.45) is 7.05 Å². The first kappa shape index (κ1) is 10.6. The van der Waals surface area contributed by atoms with Gasteiger partial charge in [0.15, 0.2) is 0 Å². The van der Waals surface area contributed by atoms with Crippen LogP contribution in [-0.2, 0) is 7.05 Å². The molecule has 0 aliphatic carbocycles. The van der Waals surface area contributed by atoms with Crippen LogP contribution in [0.25, 0.3) is 16.6 Å². The van der Waals surface area contributed by atoms with Crippen molar-refractivity contribution in [1.29, 1.82) is 0 Å². The number of hydrogen-bond donors (Lipinski definition) is 0. The van der Waals surface area contributed by atoms with Crippen molar-refractivity contribution in [2.45, 2.75) is 6.92 Å². The molecule has 3 nitrogen and oxygen atoms in total. The van der Waals surface area contributed by atoms with E-state index in [0.29, 0.717) is 5.69 Å². The number of fused-ring (bicyclic) bond motifs is 1. The van der Waals surface area contributed by atoms with Crippen molar-refractivity contribution in [3.05, 3.63) is 29.6 Å². The van der Waals surface area contributed by atoms with Crippen LogP contribution >= 0.6 is 0 Å². The maximum atomic E-state index is 7.45. The van der Waals surface area contributed by atoms with Gasteiger partial charge >= 0.3 is 29.6 Å². The first-order chi connectivity index (χ1) is 5.68. The maximum absolute atomic E-state index is 7.45. The molecule has 0 amide bonds. The van der Waals surface area contributed by atoms with Crippen LogP contribution in [0.2, 0.25) is 0 Å². The molecule has 0 bridgehead atoms. The van der Waals surface area contributed by atoms with Crippen molar-refractivity contribution in [1.82, 2.24) is 9.78 Å². The van der Waals surface area contributed by atoms with Gasteiger partial charge in [0.2, 0.25) is 0 Å². The van der Waals surface area contributed by atoms with E-state index < -0.39 is 0 Å². The second-order valence-electron chi connectivity index (χ2n) is 2.94. The average Bonchev–Trinajstić information content (AvgIpc) is 2.28. The Kier molecular flexibility index (Phi) is 3.01. The molecule has 0 aliphatic heterocycles. The van der Waals surface area contributed by atoms with Crippen molar-refractivity contribution in [3.63, 3.8) is 0 Å². The molecule has 0 aliphatic rings. The van der Waals surface area contributed by atoms with Gasteiger partial charge in [0.25, 0.3) is 0 Å². The number of rotatable bonds is 0. The smallest absolute Gasteiger partial charge is 0.699 e. The monoisotopic (exact) mass is 183 g/mol. The van der Waals surface area contributed by atoms with Crippen LogP contribution in [0.15, 0.2) is 18.2 Å². The van der Waals surface area contributed by atoms with E-state index in [1.54, 1.807) is 6.07 Å². The molecule has 0 spiro atoms. The fraction of sp³-hybridized carbons (Fsp3) is 0.222. The Labute approximate surface area is 99.2 Å². The van der Waals surface area contributed by atoms with Crippen molar-refractivity contribution >= 4 is 16.6 Å². The molecule has 0 radical (unpaired) electrons. The Balaban J connectivity index is 0.000000845. The third-order valence-corrected chi connectivity index (χ3v) is 2.03. The largest absolute Gasteiger partial charge is 1.00 e. The second kappa shape index (κ2) is 3.70. The van der Waals surface area contributed by atoms with Gasteiger partial charge in [-0.05, 0) is 13.0 Å². The summed E-state index contributed by atoms with van der Waals surface area (Å²) in [6, 6.07) is 5.55. The first-order valence-corrected chi connectivity index (χ1v) is 3.83. The average molecular weight is 183 g/mol. The zero-order valence-electron chi connectivity index (χ0n) is 8.13. The molecular weight excluding hydrogens is 173 g/mol. The van der Waals surface area contributed by atoms with E-state index >= 15 is 0 Å². The van der Waals surface area contributed by atoms with Gasteiger partial charge in [0, 0.05) is 12.4 Å². The summed E-state index contributed by atoms with van der Waals surface area (Å²) in [6.45, 7) is 1.96. The third kappa shape index (κ3) is 1.73. The molecule has 1 aromatic heterocycles. The van der Waals surface area contributed by atoms with Gasteiger partial charge in [0.1, 0.15) is 0 Å². The number of nitrogens with one attached hydrogen (secondary N) is 1. The molecule has 0 atom stereocenters. The number of aromatic nitrogens is 2. The first-order valence-electron chi connectivity index (χ1n) is 3.83. The van der Waals surface area contributed by atoms with E-state index in [2.05, 4.69) is 5.10 Å². The molecule has 4 heteroatoms. The fourth-order valence-corrected chi connectivity index (χ4v) is 1.44. The summed E-state index contributed by atoms with van der Waals surface area (Å²) in [6.07, 6.45) is 0. The number of nitrogens with zero attached hydrogens (tertiary/aromatic N) is 2. The molecule has 0 saturated carbocycles. The van der Waals surface area contributed by atoms with Crippen molar-refractivity contribution in [2.75, 3.05) is 0 Å². The normalized spacial score (nSPS) is 10.0. The van der Waals surface area contributed by atoms with E-state index in [1.165, 1.54) is 0 Å². The molecule has 2 rings (SSSR count). The van der Waals surface area contributed by atoms with Gasteiger partial charge in [-0.1, -0.05) is 12.1 Å². The Morgan fingerprint density at radius 3 is 2.77 bits per heavy atom. The summed E-state index contributed by atoms with van der Waals surface area (Å²) in [5.41, 5.74) is 10.1. The minimum Gasteiger partial charge on any atom is -0.699 e. The van der Waals surface area contributed by atoms with Gasteiger partial charge in [-0.2, -0.15) is 5.10 Å². The standard InChI is InChI=1S/C9H10N3.Na/c1-6-8-5-7(10)3-4-9(8)12(2)11-6;/h3-5,10H,1-2H3;/q-1;+1. The molecule has 1 aromatic carbocycles. The summed E-state index contributed by atoms with van der Waals surface area (Å²) < 4.78 is 1.84. The van der Waals surface area contributed by atoms with Crippen LogP contribution in [0.4, 0.5) is 5.69 Å². The van der Waals surface area contributed by atoms with Crippen LogP contribution in [0.3, 0.4) is 0 Å². The van der Waals surface area contributed by atoms with Crippen LogP contribution in [0.5, 0.6) is 0 Å². The zero-order valence-corrected chi connectivity index (χ0v) is 10.1. The topological polar surface area (TPSA) is 41.6 Å². The quantitative estimate of drug-likeness (QED) is 0.511. The van der Waals surface area contributed by atoms with Crippen LogP contribution in [-0.4, -0.2) is 9.78 Å². The third-order valence-electron chi connectivity index (χ3n) is 2.03. The van der Waals surface area contributed by atoms with Gasteiger partial charge in [-0.3, -0.25) is 4.68 Å². The van der Waals surface area contributed by atoms with E-state index in [0.717, 1.165) is 16.6 Å². The minimum absolute atomic E-state index is 0. The van der Waals surface area contributed by atoms with E-state index in [-0.39, 0.29) is 29.6 Å². The van der Waals surface area contributed by atoms with Crippen molar-refractivity contribution < 1.29 is 29.6 Å². The Morgan fingerprint density at radius 1 is 1.38 bits per heavy atom. The predicted molar refractivity (Wildman–Crippen MR) is 49.4 cm³/mol. The molecule has 1 N–H and O–H groups in total. The maximum Gasteiger partial charge on any atom is 1.00 e. The number of aryl methyl sites for hydroxylation is 2. The minimum atomic E-state index is 0. The SMILES string of the molecule is Cc1nn(C)c2ccc([NH-])cc12.[Na+]. The molecule has 1 heterocycles. The summed E-state index contributed by atoms with van der Waals surface area (Å²) in [5.74, 6) is 0. The molecule has 2 aromatic rings. The number of hydrogen-bond acceptors (Lipinski definition) is 1. The summed E-state index contributed by atoms with van der Waals surface area (Å²) >= 11 is 0. The fourth-order valence-electron chi connectivity index (χ4n) is 1.44. The molecular formula is C9H10N3Na. The van der Waals surface area contributed by atoms with E-state index in [4.69, 9.17) is 5.73 Å². The van der Waals surface area contributed by atoms with Crippen molar-refractivity contribution in [3.8, 4) is 0 Å². The van der Waals surface area contributed by atoms with Gasteiger partial charge in [0.05, 0.1) is 11.2 Å². The molecule has 0 saturated heterocycles. The Bertz CT molecular complexity index is 434. The summed E-state index contributed by atoms with van der Waals surface area (Å²) in [5, 5.41) is 5.34. The Hall–Kier alpha value is -0.510. The van der Waals surface area contributed by atoms with Crippen LogP contribution < -0.4 is 29.6 Å². The Morgan fingerprint density at radius 2 is 2.08 bits per heavy atom. The second-order valence-corrected chi connectivity index (χ2v) is 2.94. The van der Waals surface area contributed by atoms with Gasteiger partial charge < -0.3 is 5.73 Å². The predicted octanol–water partition coefficient (Wildman–Crippen LogP) is -0.431. The van der Waals surface area contributed by atoms with E-state index in [9.17, 15) is 0 Å². The van der Waals surface area contributed by atoms with Gasteiger partial charge in [-0.25, -0.2) is 0 Å². The zero-order chi connectivity index (χ0) is 8.72. The molecule has 0 fully saturated rings.